The zero-order valence-corrected chi connectivity index (χ0v) is 9.99. The molecule has 0 aromatic rings. The van der Waals surface area contributed by atoms with Crippen LogP contribution in [0.4, 0.5) is 0 Å². The van der Waals surface area contributed by atoms with Gasteiger partial charge in [0, 0.05) is 39.7 Å². The number of amides is 1. The number of aliphatic hydroxyl groups is 1. The van der Waals surface area contributed by atoms with Crippen molar-refractivity contribution in [2.45, 2.75) is 37.9 Å². The number of hydrogen-bond acceptors (Lipinski definition) is 4. The summed E-state index contributed by atoms with van der Waals surface area (Å²) in [5.74, 6) is -0.0513. The van der Waals surface area contributed by atoms with Crippen LogP contribution >= 0.6 is 0 Å². The van der Waals surface area contributed by atoms with Gasteiger partial charge in [0.05, 0.1) is 6.10 Å². The molecule has 0 aliphatic carbocycles. The molecule has 1 amide bonds. The molecule has 2 atom stereocenters. The first-order chi connectivity index (χ1) is 7.58. The molecule has 0 bridgehead atoms. The average molecular weight is 231 g/mol. The normalized spacial score (nSPS) is 29.3. The van der Waals surface area contributed by atoms with Gasteiger partial charge in [0.1, 0.15) is 5.60 Å². The van der Waals surface area contributed by atoms with E-state index in [0.29, 0.717) is 32.5 Å². The lowest BCUT2D eigenvalue weighted by Crippen LogP contribution is -2.47. The first-order valence-electron chi connectivity index (χ1n) is 5.68. The molecule has 0 aromatic heterocycles. The van der Waals surface area contributed by atoms with Crippen molar-refractivity contribution in [3.8, 4) is 0 Å². The molecule has 1 aliphatic heterocycles. The van der Waals surface area contributed by atoms with Crippen LogP contribution in [0.5, 0.6) is 0 Å². The lowest BCUT2D eigenvalue weighted by atomic mass is 9.97. The van der Waals surface area contributed by atoms with Crippen LogP contribution in [0.25, 0.3) is 0 Å². The molecule has 2 unspecified atom stereocenters. The molecular formula is C11H21NO4. The Kier molecular flexibility index (Phi) is 5.18. The van der Waals surface area contributed by atoms with Crippen LogP contribution in [-0.4, -0.2) is 49.6 Å². The van der Waals surface area contributed by atoms with E-state index in [4.69, 9.17) is 9.47 Å². The van der Waals surface area contributed by atoms with Crippen molar-refractivity contribution in [2.24, 2.45) is 0 Å². The number of ether oxygens (including phenoxy) is 2. The third-order valence-electron chi connectivity index (χ3n) is 3.00. The van der Waals surface area contributed by atoms with Gasteiger partial charge in [0.15, 0.2) is 0 Å². The van der Waals surface area contributed by atoms with E-state index in [1.807, 2.05) is 6.92 Å². The molecule has 5 heteroatoms. The second kappa shape index (κ2) is 6.18. The van der Waals surface area contributed by atoms with Crippen LogP contribution < -0.4 is 5.32 Å². The van der Waals surface area contributed by atoms with Crippen molar-refractivity contribution in [3.05, 3.63) is 0 Å². The van der Waals surface area contributed by atoms with Gasteiger partial charge in [-0.15, -0.1) is 0 Å². The predicted molar refractivity (Wildman–Crippen MR) is 59.1 cm³/mol. The zero-order chi connectivity index (χ0) is 12.0. The van der Waals surface area contributed by atoms with Crippen LogP contribution in [0, 0.1) is 0 Å². The topological polar surface area (TPSA) is 67.8 Å². The van der Waals surface area contributed by atoms with Crippen LogP contribution in [0.15, 0.2) is 0 Å². The fourth-order valence-electron chi connectivity index (χ4n) is 1.72. The summed E-state index contributed by atoms with van der Waals surface area (Å²) in [7, 11) is 1.61. The van der Waals surface area contributed by atoms with Crippen molar-refractivity contribution >= 4 is 5.91 Å². The molecule has 94 valence electrons. The lowest BCUT2D eigenvalue weighted by Gasteiger charge is -2.26. The van der Waals surface area contributed by atoms with Gasteiger partial charge >= 0.3 is 0 Å². The molecule has 0 saturated carbocycles. The van der Waals surface area contributed by atoms with E-state index in [9.17, 15) is 9.90 Å². The summed E-state index contributed by atoms with van der Waals surface area (Å²) < 4.78 is 10.1. The highest BCUT2D eigenvalue weighted by Crippen LogP contribution is 2.24. The summed E-state index contributed by atoms with van der Waals surface area (Å²) >= 11 is 0. The second-order valence-electron chi connectivity index (χ2n) is 4.24. The van der Waals surface area contributed by atoms with E-state index >= 15 is 0 Å². The summed E-state index contributed by atoms with van der Waals surface area (Å²) in [4.78, 5) is 11.4. The van der Waals surface area contributed by atoms with E-state index in [2.05, 4.69) is 5.32 Å². The molecular weight excluding hydrogens is 210 g/mol. The van der Waals surface area contributed by atoms with Crippen molar-refractivity contribution in [3.63, 3.8) is 0 Å². The van der Waals surface area contributed by atoms with Gasteiger partial charge in [0.25, 0.3) is 0 Å². The maximum absolute atomic E-state index is 11.4. The lowest BCUT2D eigenvalue weighted by molar-refractivity contribution is -0.123. The van der Waals surface area contributed by atoms with E-state index in [0.717, 1.165) is 0 Å². The molecule has 1 fully saturated rings. The molecule has 0 aromatic carbocycles. The molecule has 1 aliphatic rings. The maximum Gasteiger partial charge on any atom is 0.220 e. The van der Waals surface area contributed by atoms with Gasteiger partial charge in [-0.25, -0.2) is 0 Å². The summed E-state index contributed by atoms with van der Waals surface area (Å²) in [5, 5.41) is 12.8. The SMILES string of the molecule is COCCCC(=O)NCC1(O)CCOC1C. The summed E-state index contributed by atoms with van der Waals surface area (Å²) in [6, 6.07) is 0. The minimum absolute atomic E-state index is 0.0513. The van der Waals surface area contributed by atoms with Gasteiger partial charge in [-0.2, -0.15) is 0 Å². The number of nitrogens with one attached hydrogen (secondary N) is 1. The predicted octanol–water partition coefficient (Wildman–Crippen LogP) is 0.0691. The molecule has 1 rings (SSSR count). The molecule has 16 heavy (non-hydrogen) atoms. The number of hydrogen-bond donors (Lipinski definition) is 2. The van der Waals surface area contributed by atoms with E-state index < -0.39 is 5.60 Å². The molecule has 0 spiro atoms. The van der Waals surface area contributed by atoms with Gasteiger partial charge in [-0.3, -0.25) is 4.79 Å². The highest BCUT2D eigenvalue weighted by molar-refractivity contribution is 5.75. The Bertz CT molecular complexity index is 234. The Morgan fingerprint density at radius 3 is 3.00 bits per heavy atom. The second-order valence-corrected chi connectivity index (χ2v) is 4.24. The smallest absolute Gasteiger partial charge is 0.220 e. The van der Waals surface area contributed by atoms with Gasteiger partial charge in [-0.05, 0) is 13.3 Å². The van der Waals surface area contributed by atoms with Crippen LogP contribution in [-0.2, 0) is 14.3 Å². The highest BCUT2D eigenvalue weighted by atomic mass is 16.5. The first kappa shape index (κ1) is 13.4. The Labute approximate surface area is 96.1 Å². The Hall–Kier alpha value is -0.650. The summed E-state index contributed by atoms with van der Waals surface area (Å²) in [5.41, 5.74) is -0.906. The largest absolute Gasteiger partial charge is 0.385 e. The minimum Gasteiger partial charge on any atom is -0.385 e. The van der Waals surface area contributed by atoms with E-state index in [1.54, 1.807) is 7.11 Å². The monoisotopic (exact) mass is 231 g/mol. The van der Waals surface area contributed by atoms with Gasteiger partial charge in [0.2, 0.25) is 5.91 Å². The Morgan fingerprint density at radius 1 is 1.69 bits per heavy atom. The zero-order valence-electron chi connectivity index (χ0n) is 9.99. The standard InChI is InChI=1S/C11H21NO4/c1-9-11(14,5-7-16-9)8-12-10(13)4-3-6-15-2/h9,14H,3-8H2,1-2H3,(H,12,13). The maximum atomic E-state index is 11.4. The quantitative estimate of drug-likeness (QED) is 0.635. The van der Waals surface area contributed by atoms with Crippen molar-refractivity contribution in [2.75, 3.05) is 26.9 Å². The summed E-state index contributed by atoms with van der Waals surface area (Å²) in [6.45, 7) is 3.22. The Morgan fingerprint density at radius 2 is 2.44 bits per heavy atom. The third kappa shape index (κ3) is 3.73. The number of carbonyl (C=O) groups excluding carboxylic acids is 1. The van der Waals surface area contributed by atoms with Crippen LogP contribution in [0.2, 0.25) is 0 Å². The number of methoxy groups -OCH3 is 1. The van der Waals surface area contributed by atoms with E-state index in [1.165, 1.54) is 0 Å². The first-order valence-corrected chi connectivity index (χ1v) is 5.68. The van der Waals surface area contributed by atoms with Crippen molar-refractivity contribution in [1.82, 2.24) is 5.32 Å². The van der Waals surface area contributed by atoms with Gasteiger partial charge < -0.3 is 19.9 Å². The Balaban J connectivity index is 2.20. The molecule has 2 N–H and O–H groups in total. The molecule has 1 heterocycles. The average Bonchev–Trinajstić information content (AvgIpc) is 2.58. The molecule has 1 saturated heterocycles. The minimum atomic E-state index is -0.906. The molecule has 5 nitrogen and oxygen atoms in total. The fraction of sp³-hybridized carbons (Fsp3) is 0.909. The fourth-order valence-corrected chi connectivity index (χ4v) is 1.72. The number of carbonyl (C=O) groups is 1. The van der Waals surface area contributed by atoms with Gasteiger partial charge in [-0.1, -0.05) is 0 Å². The molecule has 0 radical (unpaired) electrons. The summed E-state index contributed by atoms with van der Waals surface area (Å²) in [6.07, 6.45) is 1.49. The highest BCUT2D eigenvalue weighted by Gasteiger charge is 2.39. The van der Waals surface area contributed by atoms with E-state index in [-0.39, 0.29) is 18.6 Å². The van der Waals surface area contributed by atoms with Crippen molar-refractivity contribution in [1.29, 1.82) is 0 Å². The number of rotatable bonds is 6. The van der Waals surface area contributed by atoms with Crippen LogP contribution in [0.3, 0.4) is 0 Å². The van der Waals surface area contributed by atoms with Crippen LogP contribution in [0.1, 0.15) is 26.2 Å². The van der Waals surface area contributed by atoms with Crippen molar-refractivity contribution < 1.29 is 19.4 Å². The third-order valence-corrected chi connectivity index (χ3v) is 3.00.